The molecule has 1 aliphatic heterocycles. The molecule has 0 fully saturated rings. The van der Waals surface area contributed by atoms with Crippen molar-refractivity contribution in [1.29, 1.82) is 0 Å². The summed E-state index contributed by atoms with van der Waals surface area (Å²) in [7, 11) is 0. The molecule has 4 heterocycles. The fourth-order valence-electron chi connectivity index (χ4n) is 4.35. The van der Waals surface area contributed by atoms with Crippen molar-refractivity contribution in [2.45, 2.75) is 39.1 Å². The van der Waals surface area contributed by atoms with Crippen LogP contribution in [0.3, 0.4) is 0 Å². The number of benzene rings is 1. The average molecular weight is 455 g/mol. The van der Waals surface area contributed by atoms with Crippen LogP contribution in [0.5, 0.6) is 0 Å². The van der Waals surface area contributed by atoms with Crippen LogP contribution in [0.15, 0.2) is 36.4 Å². The second kappa shape index (κ2) is 7.80. The van der Waals surface area contributed by atoms with Crippen LogP contribution >= 0.6 is 0 Å². The second-order valence-electron chi connectivity index (χ2n) is 8.01. The van der Waals surface area contributed by atoms with Crippen LogP contribution in [-0.4, -0.2) is 32.4 Å². The molecule has 4 aromatic rings. The fourth-order valence-corrected chi connectivity index (χ4v) is 4.35. The number of carbonyl (C=O) groups is 1. The Hall–Kier alpha value is -3.53. The van der Waals surface area contributed by atoms with Crippen molar-refractivity contribution < 1.29 is 22.7 Å². The van der Waals surface area contributed by atoms with Gasteiger partial charge in [-0.05, 0) is 38.0 Å². The van der Waals surface area contributed by atoms with E-state index >= 15 is 0 Å². The number of rotatable bonds is 1. The molecule has 0 aliphatic carbocycles. The molecule has 0 unspecified atom stereocenters. The van der Waals surface area contributed by atoms with Gasteiger partial charge in [-0.2, -0.15) is 23.0 Å². The zero-order chi connectivity index (χ0) is 23.3. The predicted octanol–water partition coefficient (Wildman–Crippen LogP) is 4.83. The average Bonchev–Trinajstić information content (AvgIpc) is 3.01. The number of aryl methyl sites for hydroxylation is 2. The molecule has 10 heteroatoms. The first-order valence-corrected chi connectivity index (χ1v) is 10.4. The van der Waals surface area contributed by atoms with Crippen molar-refractivity contribution in [2.75, 3.05) is 6.61 Å². The molecule has 170 valence electrons. The van der Waals surface area contributed by atoms with Gasteiger partial charge in [0.2, 0.25) is 0 Å². The smallest absolute Gasteiger partial charge is 0.375 e. The van der Waals surface area contributed by atoms with Gasteiger partial charge >= 0.3 is 12.2 Å². The second-order valence-corrected chi connectivity index (χ2v) is 8.01. The van der Waals surface area contributed by atoms with E-state index in [1.807, 2.05) is 38.1 Å². The summed E-state index contributed by atoms with van der Waals surface area (Å²) in [6, 6.07) is 8.73. The predicted molar refractivity (Wildman–Crippen MR) is 115 cm³/mol. The number of halogens is 3. The number of aromatic nitrogens is 4. The molecule has 1 amide bonds. The monoisotopic (exact) mass is 455 g/mol. The number of amides is 1. The number of nitrogens with one attached hydrogen (secondary N) is 1. The first-order valence-electron chi connectivity index (χ1n) is 10.4. The van der Waals surface area contributed by atoms with E-state index in [9.17, 15) is 18.0 Å². The number of alkyl halides is 3. The Morgan fingerprint density at radius 3 is 2.70 bits per heavy atom. The van der Waals surface area contributed by atoms with E-state index in [2.05, 4.69) is 20.4 Å². The van der Waals surface area contributed by atoms with Crippen LogP contribution in [0.25, 0.3) is 21.8 Å². The minimum Gasteiger partial charge on any atom is -0.375 e. The molecule has 5 rings (SSSR count). The van der Waals surface area contributed by atoms with E-state index in [0.717, 1.165) is 28.0 Å². The fraction of sp³-hybridized carbons (Fsp3) is 0.304. The minimum absolute atomic E-state index is 0.0507. The minimum atomic E-state index is -4.56. The summed E-state index contributed by atoms with van der Waals surface area (Å²) in [4.78, 5) is 21.7. The highest BCUT2D eigenvalue weighted by atomic mass is 19.4. The molecule has 1 aliphatic rings. The molecule has 0 radical (unpaired) electrons. The standard InChI is InChI=1S/C23H20F3N5O2/c1-12-20-13(2)30-31(21(20)15-5-3-4-6-16(15)27-12)22(32)29-17-9-10-33-11-18-14(17)7-8-19(28-18)23(24,25)26/h3-8,17H,9-11H2,1-2H3,(H,29,32)/t17-/m1/s1. The lowest BCUT2D eigenvalue weighted by atomic mass is 10.0. The molecule has 1 N–H and O–H groups in total. The molecular formula is C23H20F3N5O2. The molecule has 1 atom stereocenters. The van der Waals surface area contributed by atoms with Gasteiger partial charge in [0.05, 0.1) is 35.1 Å². The number of nitrogens with zero attached hydrogens (tertiary/aromatic N) is 4. The largest absolute Gasteiger partial charge is 0.433 e. The van der Waals surface area contributed by atoms with Gasteiger partial charge in [-0.3, -0.25) is 4.98 Å². The molecule has 0 spiro atoms. The van der Waals surface area contributed by atoms with Gasteiger partial charge in [-0.1, -0.05) is 24.3 Å². The van der Waals surface area contributed by atoms with Gasteiger partial charge in [-0.25, -0.2) is 9.78 Å². The Morgan fingerprint density at radius 2 is 1.91 bits per heavy atom. The number of hydrogen-bond donors (Lipinski definition) is 1. The van der Waals surface area contributed by atoms with Crippen LogP contribution in [0.2, 0.25) is 0 Å². The molecule has 1 aromatic carbocycles. The van der Waals surface area contributed by atoms with Gasteiger partial charge in [0.25, 0.3) is 0 Å². The first-order chi connectivity index (χ1) is 15.7. The molecule has 0 saturated heterocycles. The zero-order valence-electron chi connectivity index (χ0n) is 17.9. The molecule has 33 heavy (non-hydrogen) atoms. The van der Waals surface area contributed by atoms with E-state index < -0.39 is 23.9 Å². The lowest BCUT2D eigenvalue weighted by molar-refractivity contribution is -0.141. The van der Waals surface area contributed by atoms with Gasteiger partial charge in [0, 0.05) is 23.1 Å². The molecular weight excluding hydrogens is 435 g/mol. The quantitative estimate of drug-likeness (QED) is 0.444. The Bertz CT molecular complexity index is 1400. The van der Waals surface area contributed by atoms with Crippen LogP contribution < -0.4 is 5.32 Å². The van der Waals surface area contributed by atoms with Crippen LogP contribution in [-0.2, 0) is 17.5 Å². The van der Waals surface area contributed by atoms with E-state index in [-0.39, 0.29) is 18.9 Å². The summed E-state index contributed by atoms with van der Waals surface area (Å²) in [6.45, 7) is 3.90. The molecule has 7 nitrogen and oxygen atoms in total. The highest BCUT2D eigenvalue weighted by Gasteiger charge is 2.34. The lowest BCUT2D eigenvalue weighted by Gasteiger charge is -2.19. The van der Waals surface area contributed by atoms with Gasteiger partial charge < -0.3 is 10.1 Å². The van der Waals surface area contributed by atoms with Gasteiger partial charge in [0.15, 0.2) is 0 Å². The number of para-hydroxylation sites is 1. The summed E-state index contributed by atoms with van der Waals surface area (Å²) in [5, 5.41) is 8.96. The zero-order valence-corrected chi connectivity index (χ0v) is 17.9. The highest BCUT2D eigenvalue weighted by Crippen LogP contribution is 2.32. The number of pyridine rings is 2. The summed E-state index contributed by atoms with van der Waals surface area (Å²) in [5.41, 5.74) is 2.50. The van der Waals surface area contributed by atoms with E-state index in [1.54, 1.807) is 0 Å². The third-order valence-electron chi connectivity index (χ3n) is 5.82. The molecule has 3 aromatic heterocycles. The third-order valence-corrected chi connectivity index (χ3v) is 5.82. The molecule has 0 saturated carbocycles. The number of ether oxygens (including phenoxy) is 1. The van der Waals surface area contributed by atoms with Crippen molar-refractivity contribution in [3.8, 4) is 0 Å². The van der Waals surface area contributed by atoms with Crippen molar-refractivity contribution >= 4 is 27.8 Å². The van der Waals surface area contributed by atoms with Crippen molar-refractivity contribution in [2.24, 2.45) is 0 Å². The van der Waals surface area contributed by atoms with Crippen LogP contribution in [0.4, 0.5) is 18.0 Å². The van der Waals surface area contributed by atoms with Gasteiger partial charge in [0.1, 0.15) is 5.69 Å². The normalized spacial score (nSPS) is 16.6. The first kappa shape index (κ1) is 21.3. The Morgan fingerprint density at radius 1 is 1.12 bits per heavy atom. The number of carbonyl (C=O) groups excluding carboxylic acids is 1. The van der Waals surface area contributed by atoms with E-state index in [4.69, 9.17) is 4.74 Å². The topological polar surface area (TPSA) is 81.9 Å². The van der Waals surface area contributed by atoms with Gasteiger partial charge in [-0.15, -0.1) is 0 Å². The highest BCUT2D eigenvalue weighted by molar-refractivity contribution is 6.08. The molecule has 0 bridgehead atoms. The summed E-state index contributed by atoms with van der Waals surface area (Å²) in [6.07, 6.45) is -4.16. The maximum absolute atomic E-state index is 13.4. The Balaban J connectivity index is 1.56. The SMILES string of the molecule is Cc1nc2ccccc2c2c1c(C)nn2C(=O)N[C@@H]1CCOCc2nc(C(F)(F)F)ccc21. The van der Waals surface area contributed by atoms with E-state index in [1.165, 1.54) is 10.7 Å². The number of hydrogen-bond acceptors (Lipinski definition) is 5. The Kier molecular flexibility index (Phi) is 5.04. The van der Waals surface area contributed by atoms with E-state index in [0.29, 0.717) is 23.2 Å². The maximum Gasteiger partial charge on any atom is 0.433 e. The summed E-state index contributed by atoms with van der Waals surface area (Å²) in [5.74, 6) is 0. The summed E-state index contributed by atoms with van der Waals surface area (Å²) < 4.78 is 46.1. The van der Waals surface area contributed by atoms with Crippen molar-refractivity contribution in [3.05, 3.63) is 64.7 Å². The maximum atomic E-state index is 13.4. The summed E-state index contributed by atoms with van der Waals surface area (Å²) >= 11 is 0. The lowest BCUT2D eigenvalue weighted by Crippen LogP contribution is -2.33. The third kappa shape index (κ3) is 3.70. The van der Waals surface area contributed by atoms with Crippen molar-refractivity contribution in [1.82, 2.24) is 25.1 Å². The number of fused-ring (bicyclic) bond motifs is 4. The van der Waals surface area contributed by atoms with Crippen LogP contribution in [0, 0.1) is 13.8 Å². The van der Waals surface area contributed by atoms with Crippen molar-refractivity contribution in [3.63, 3.8) is 0 Å². The Labute approximate surface area is 186 Å². The van der Waals surface area contributed by atoms with Crippen LogP contribution in [0.1, 0.15) is 40.8 Å².